The molecule has 172 valence electrons. The molecule has 0 unspecified atom stereocenters. The third kappa shape index (κ3) is 5.06. The van der Waals surface area contributed by atoms with E-state index >= 15 is 0 Å². The Morgan fingerprint density at radius 3 is 2.64 bits per heavy atom. The van der Waals surface area contributed by atoms with Crippen LogP contribution in [0.25, 0.3) is 11.1 Å². The van der Waals surface area contributed by atoms with Gasteiger partial charge >= 0.3 is 0 Å². The van der Waals surface area contributed by atoms with Crippen LogP contribution in [0.5, 0.6) is 0 Å². The van der Waals surface area contributed by atoms with Gasteiger partial charge in [0, 0.05) is 62.7 Å². The summed E-state index contributed by atoms with van der Waals surface area (Å²) in [7, 11) is 0. The van der Waals surface area contributed by atoms with Crippen LogP contribution in [-0.4, -0.2) is 55.9 Å². The Labute approximate surface area is 192 Å². The lowest BCUT2D eigenvalue weighted by molar-refractivity contribution is 0.122. The zero-order chi connectivity index (χ0) is 22.6. The molecule has 0 amide bonds. The first-order chi connectivity index (χ1) is 16.2. The second-order valence-electron chi connectivity index (χ2n) is 8.41. The van der Waals surface area contributed by atoms with Crippen molar-refractivity contribution in [1.82, 2.24) is 9.97 Å². The van der Waals surface area contributed by atoms with Crippen molar-refractivity contribution < 1.29 is 13.5 Å². The normalized spacial score (nSPS) is 20.5. The smallest absolute Gasteiger partial charge is 0.149 e. The minimum atomic E-state index is -0.423. The van der Waals surface area contributed by atoms with E-state index in [1.54, 1.807) is 0 Å². The highest BCUT2D eigenvalue weighted by Crippen LogP contribution is 2.33. The fourth-order valence-corrected chi connectivity index (χ4v) is 4.34. The zero-order valence-electron chi connectivity index (χ0n) is 18.4. The summed E-state index contributed by atoms with van der Waals surface area (Å²) in [5.41, 5.74) is 3.77. The Morgan fingerprint density at radius 1 is 0.970 bits per heavy atom. The SMILES string of the molecule is FC1=C/C=C(/F)CCC(CN2CCNc3ncc(-c4ccc(N5CCOCC5)nc4)cc32)=C1. The van der Waals surface area contributed by atoms with E-state index in [4.69, 9.17) is 4.74 Å². The number of ether oxygens (including phenoxy) is 1. The minimum absolute atomic E-state index is 0.286. The molecule has 1 N–H and O–H groups in total. The average molecular weight is 452 g/mol. The molecule has 1 aliphatic carbocycles. The Kier molecular flexibility index (Phi) is 6.35. The number of hydrogen-bond donors (Lipinski definition) is 1. The summed E-state index contributed by atoms with van der Waals surface area (Å²) in [6.45, 7) is 5.17. The van der Waals surface area contributed by atoms with Crippen molar-refractivity contribution >= 4 is 17.3 Å². The van der Waals surface area contributed by atoms with Crippen LogP contribution in [0.4, 0.5) is 26.1 Å². The average Bonchev–Trinajstić information content (AvgIpc) is 2.86. The van der Waals surface area contributed by atoms with Crippen LogP contribution in [0.2, 0.25) is 0 Å². The van der Waals surface area contributed by atoms with Gasteiger partial charge in [-0.3, -0.25) is 0 Å². The van der Waals surface area contributed by atoms with Crippen molar-refractivity contribution in [3.63, 3.8) is 0 Å². The van der Waals surface area contributed by atoms with Crippen molar-refractivity contribution in [2.75, 3.05) is 61.1 Å². The fraction of sp³-hybridized carbons (Fsp3) is 0.360. The van der Waals surface area contributed by atoms with Gasteiger partial charge in [0.05, 0.1) is 18.9 Å². The van der Waals surface area contributed by atoms with Gasteiger partial charge in [-0.1, -0.05) is 0 Å². The minimum Gasteiger partial charge on any atom is -0.378 e. The molecular weight excluding hydrogens is 424 g/mol. The van der Waals surface area contributed by atoms with Gasteiger partial charge < -0.3 is 19.9 Å². The fourth-order valence-electron chi connectivity index (χ4n) is 4.34. The molecule has 0 radical (unpaired) electrons. The third-order valence-electron chi connectivity index (χ3n) is 6.14. The molecule has 2 aliphatic heterocycles. The van der Waals surface area contributed by atoms with Gasteiger partial charge in [0.25, 0.3) is 0 Å². The number of morpholine rings is 1. The van der Waals surface area contributed by atoms with Crippen LogP contribution in [0.3, 0.4) is 0 Å². The Morgan fingerprint density at radius 2 is 1.82 bits per heavy atom. The zero-order valence-corrected chi connectivity index (χ0v) is 18.4. The van der Waals surface area contributed by atoms with Crippen LogP contribution in [-0.2, 0) is 4.74 Å². The van der Waals surface area contributed by atoms with E-state index in [-0.39, 0.29) is 12.2 Å². The number of pyridine rings is 2. The van der Waals surface area contributed by atoms with Crippen molar-refractivity contribution in [3.05, 3.63) is 66.0 Å². The number of halogens is 2. The van der Waals surface area contributed by atoms with E-state index in [1.807, 2.05) is 18.5 Å². The summed E-state index contributed by atoms with van der Waals surface area (Å²) >= 11 is 0. The number of hydrogen-bond acceptors (Lipinski definition) is 6. The number of nitrogens with one attached hydrogen (secondary N) is 1. The lowest BCUT2D eigenvalue weighted by Crippen LogP contribution is -2.36. The number of fused-ring (bicyclic) bond motifs is 1. The molecule has 33 heavy (non-hydrogen) atoms. The molecular formula is C25H27F2N5O. The van der Waals surface area contributed by atoms with E-state index in [0.717, 1.165) is 73.4 Å². The van der Waals surface area contributed by atoms with Gasteiger partial charge in [-0.2, -0.15) is 0 Å². The Balaban J connectivity index is 1.37. The van der Waals surface area contributed by atoms with Crippen LogP contribution < -0.4 is 15.1 Å². The van der Waals surface area contributed by atoms with Crippen LogP contribution in [0.15, 0.2) is 66.0 Å². The number of nitrogens with zero attached hydrogens (tertiary/aromatic N) is 4. The first-order valence-corrected chi connectivity index (χ1v) is 11.3. The van der Waals surface area contributed by atoms with Crippen molar-refractivity contribution in [3.8, 4) is 11.1 Å². The molecule has 2 aromatic rings. The lowest BCUT2D eigenvalue weighted by Gasteiger charge is -2.32. The molecule has 1 saturated heterocycles. The molecule has 4 heterocycles. The van der Waals surface area contributed by atoms with Gasteiger partial charge in [0.1, 0.15) is 23.3 Å². The highest BCUT2D eigenvalue weighted by atomic mass is 19.1. The second kappa shape index (κ2) is 9.70. The van der Waals surface area contributed by atoms with E-state index in [9.17, 15) is 8.78 Å². The highest BCUT2D eigenvalue weighted by molar-refractivity contribution is 5.76. The molecule has 0 spiro atoms. The molecule has 8 heteroatoms. The summed E-state index contributed by atoms with van der Waals surface area (Å²) in [5, 5.41) is 3.34. The molecule has 0 aromatic carbocycles. The summed E-state index contributed by atoms with van der Waals surface area (Å²) in [5.74, 6) is 1.03. The van der Waals surface area contributed by atoms with Gasteiger partial charge in [-0.15, -0.1) is 0 Å². The summed E-state index contributed by atoms with van der Waals surface area (Å²) in [6.07, 6.45) is 8.41. The predicted octanol–water partition coefficient (Wildman–Crippen LogP) is 4.64. The second-order valence-corrected chi connectivity index (χ2v) is 8.41. The van der Waals surface area contributed by atoms with E-state index in [1.165, 1.54) is 18.2 Å². The van der Waals surface area contributed by atoms with Crippen LogP contribution in [0.1, 0.15) is 12.8 Å². The molecule has 3 aliphatic rings. The molecule has 0 atom stereocenters. The number of rotatable bonds is 4. The Bertz CT molecular complexity index is 1090. The molecule has 0 saturated carbocycles. The van der Waals surface area contributed by atoms with Gasteiger partial charge in [0.2, 0.25) is 0 Å². The molecule has 0 bridgehead atoms. The Hall–Kier alpha value is -3.26. The summed E-state index contributed by atoms with van der Waals surface area (Å²) in [4.78, 5) is 13.7. The predicted molar refractivity (Wildman–Crippen MR) is 127 cm³/mol. The molecule has 1 fully saturated rings. The monoisotopic (exact) mass is 451 g/mol. The topological polar surface area (TPSA) is 53.5 Å². The number of anilines is 3. The quantitative estimate of drug-likeness (QED) is 0.731. The lowest BCUT2D eigenvalue weighted by atomic mass is 10.0. The number of allylic oxidation sites excluding steroid dienone is 5. The number of aromatic nitrogens is 2. The maximum atomic E-state index is 14.1. The third-order valence-corrected chi connectivity index (χ3v) is 6.14. The van der Waals surface area contributed by atoms with Crippen LogP contribution in [0, 0.1) is 0 Å². The van der Waals surface area contributed by atoms with Gasteiger partial charge in [-0.05, 0) is 48.4 Å². The van der Waals surface area contributed by atoms with E-state index in [0.29, 0.717) is 13.0 Å². The first-order valence-electron chi connectivity index (χ1n) is 11.3. The molecule has 5 rings (SSSR count). The van der Waals surface area contributed by atoms with Crippen LogP contribution >= 0.6 is 0 Å². The van der Waals surface area contributed by atoms with Crippen molar-refractivity contribution in [2.45, 2.75) is 12.8 Å². The van der Waals surface area contributed by atoms with E-state index < -0.39 is 5.83 Å². The molecule has 6 nitrogen and oxygen atoms in total. The maximum Gasteiger partial charge on any atom is 0.149 e. The van der Waals surface area contributed by atoms with Gasteiger partial charge in [-0.25, -0.2) is 18.7 Å². The summed E-state index contributed by atoms with van der Waals surface area (Å²) < 4.78 is 33.2. The standard InChI is InChI=1S/C25H27F2N5O/c26-21-3-1-18(13-22(27)5-4-21)17-32-8-7-28-25-23(32)14-20(16-30-25)19-2-6-24(29-15-19)31-9-11-33-12-10-31/h2,4-6,13-16H,1,3,7-12,17H2,(H,28,30)/b18-13?,21-4+,22-5?. The van der Waals surface area contributed by atoms with E-state index in [2.05, 4.69) is 37.2 Å². The van der Waals surface area contributed by atoms with Crippen molar-refractivity contribution in [2.24, 2.45) is 0 Å². The first kappa shape index (κ1) is 21.6. The summed E-state index contributed by atoms with van der Waals surface area (Å²) in [6, 6.07) is 6.19. The van der Waals surface area contributed by atoms with Gasteiger partial charge in [0.15, 0.2) is 0 Å². The van der Waals surface area contributed by atoms with Crippen molar-refractivity contribution in [1.29, 1.82) is 0 Å². The largest absolute Gasteiger partial charge is 0.378 e. The maximum absolute atomic E-state index is 14.1. The molecule has 2 aromatic heterocycles. The highest BCUT2D eigenvalue weighted by Gasteiger charge is 2.21.